The molecule has 7 aromatic rings. The molecule has 0 saturated carbocycles. The number of H-pyrrole nitrogens is 1. The number of sulfone groups is 1. The Hall–Kier alpha value is -6.93. The molecule has 3 aromatic carbocycles. The number of hydrogen-bond donors (Lipinski definition) is 3. The van der Waals surface area contributed by atoms with Crippen molar-refractivity contribution in [1.29, 1.82) is 0 Å². The fourth-order valence-corrected chi connectivity index (χ4v) is 9.08. The maximum absolute atomic E-state index is 15.7. The normalized spacial score (nSPS) is 15.8. The topological polar surface area (TPSA) is 201 Å². The summed E-state index contributed by atoms with van der Waals surface area (Å²) in [6.45, 7) is 8.98. The molecule has 61 heavy (non-hydrogen) atoms. The van der Waals surface area contributed by atoms with Crippen molar-refractivity contribution in [3.05, 3.63) is 90.8 Å². The molecule has 3 N–H and O–H groups in total. The third-order valence-corrected chi connectivity index (χ3v) is 12.7. The van der Waals surface area contributed by atoms with Crippen molar-refractivity contribution in [1.82, 2.24) is 49.8 Å². The number of ether oxygens (including phenoxy) is 1. The second kappa shape index (κ2) is 15.6. The van der Waals surface area contributed by atoms with Crippen LogP contribution >= 0.6 is 0 Å². The molecule has 9 rings (SSSR count). The lowest BCUT2D eigenvalue weighted by atomic mass is 10.1. The summed E-state index contributed by atoms with van der Waals surface area (Å²) in [6, 6.07) is 16.0. The monoisotopic (exact) mass is 847 g/mol. The highest BCUT2D eigenvalue weighted by Crippen LogP contribution is 2.35. The summed E-state index contributed by atoms with van der Waals surface area (Å²) in [4.78, 5) is 39.2. The van der Waals surface area contributed by atoms with Crippen LogP contribution < -0.4 is 25.2 Å². The zero-order chi connectivity index (χ0) is 42.6. The Labute approximate surface area is 349 Å². The first-order valence-electron chi connectivity index (χ1n) is 19.7. The Morgan fingerprint density at radius 3 is 2.48 bits per heavy atom. The number of nitrogens with one attached hydrogen (secondary N) is 3. The number of carbonyl (C=O) groups is 2. The lowest BCUT2D eigenvalue weighted by Crippen LogP contribution is -2.49. The van der Waals surface area contributed by atoms with Gasteiger partial charge in [-0.2, -0.15) is 19.7 Å². The molecule has 0 unspecified atom stereocenters. The third-order valence-electron chi connectivity index (χ3n) is 11.0. The van der Waals surface area contributed by atoms with E-state index in [0.29, 0.717) is 28.5 Å². The van der Waals surface area contributed by atoms with E-state index in [2.05, 4.69) is 63.8 Å². The largest absolute Gasteiger partial charge is 0.485 e. The summed E-state index contributed by atoms with van der Waals surface area (Å²) in [5.74, 6) is -0.144. The standard InChI is InChI=1S/C41H42FN13O5S/c1-24(2)60-37-36(27-21-44-45-22-27)43-23-55-39(37)48-40(50-55)46-33-11-9-30(20-32(33)42)61(58,59)29-7-5-6-26(18-29)25(3)52-14-16-53(17-15-52)28-8-10-31-34(19-28)51(4)49-38(31)54-13-12-35(56)47-41(54)57/h5-11,18-25H,12-17H2,1-4H3,(H,44,45)(H,46,50)(H,47,56,57)/t25-/m0/s1. The number of halogens is 1. The minimum atomic E-state index is -4.09. The first-order chi connectivity index (χ1) is 29.3. The number of piperazine rings is 1. The molecule has 0 spiro atoms. The van der Waals surface area contributed by atoms with E-state index < -0.39 is 21.7 Å². The number of anilines is 4. The molecular weight excluding hydrogens is 806 g/mol. The van der Waals surface area contributed by atoms with E-state index in [1.165, 1.54) is 33.9 Å². The predicted molar refractivity (Wildman–Crippen MR) is 224 cm³/mol. The second-order valence-electron chi connectivity index (χ2n) is 15.2. The van der Waals surface area contributed by atoms with Gasteiger partial charge in [0.25, 0.3) is 0 Å². The van der Waals surface area contributed by atoms with E-state index in [1.54, 1.807) is 29.2 Å². The van der Waals surface area contributed by atoms with Gasteiger partial charge in [0.1, 0.15) is 17.8 Å². The quantitative estimate of drug-likeness (QED) is 0.153. The minimum Gasteiger partial charge on any atom is -0.485 e. The predicted octanol–water partition coefficient (Wildman–Crippen LogP) is 5.23. The molecule has 6 heterocycles. The zero-order valence-corrected chi connectivity index (χ0v) is 34.5. The van der Waals surface area contributed by atoms with Crippen LogP contribution in [-0.2, 0) is 21.7 Å². The Balaban J connectivity index is 0.873. The highest BCUT2D eigenvalue weighted by atomic mass is 32.2. The van der Waals surface area contributed by atoms with Crippen LogP contribution in [0.3, 0.4) is 0 Å². The summed E-state index contributed by atoms with van der Waals surface area (Å²) in [6.07, 6.45) is 4.78. The van der Waals surface area contributed by atoms with Crippen molar-refractivity contribution in [2.75, 3.05) is 47.8 Å². The number of aromatic nitrogens is 8. The van der Waals surface area contributed by atoms with Gasteiger partial charge in [0, 0.05) is 75.1 Å². The number of urea groups is 1. The number of imide groups is 1. The maximum atomic E-state index is 15.7. The summed E-state index contributed by atoms with van der Waals surface area (Å²) in [5, 5.41) is 21.8. The van der Waals surface area contributed by atoms with Gasteiger partial charge in [-0.25, -0.2) is 22.6 Å². The van der Waals surface area contributed by atoms with Crippen molar-refractivity contribution < 1.29 is 27.1 Å². The summed E-state index contributed by atoms with van der Waals surface area (Å²) in [5.41, 5.74) is 4.25. The second-order valence-corrected chi connectivity index (χ2v) is 17.2. The van der Waals surface area contributed by atoms with Gasteiger partial charge in [-0.15, -0.1) is 5.10 Å². The Bertz CT molecular complexity index is 2920. The third kappa shape index (κ3) is 7.48. The van der Waals surface area contributed by atoms with Crippen molar-refractivity contribution in [2.24, 2.45) is 7.05 Å². The van der Waals surface area contributed by atoms with Crippen LogP contribution in [0.2, 0.25) is 0 Å². The molecule has 0 aliphatic carbocycles. The molecule has 0 bridgehead atoms. The summed E-state index contributed by atoms with van der Waals surface area (Å²) >= 11 is 0. The summed E-state index contributed by atoms with van der Waals surface area (Å²) in [7, 11) is -2.26. The van der Waals surface area contributed by atoms with Crippen LogP contribution in [0.15, 0.2) is 89.2 Å². The zero-order valence-electron chi connectivity index (χ0n) is 33.7. The number of hydrogen-bond acceptors (Lipinski definition) is 13. The van der Waals surface area contributed by atoms with Crippen molar-refractivity contribution >= 4 is 61.5 Å². The first kappa shape index (κ1) is 39.5. The number of fused-ring (bicyclic) bond motifs is 2. The van der Waals surface area contributed by atoms with Gasteiger partial charge in [0.2, 0.25) is 27.3 Å². The highest BCUT2D eigenvalue weighted by molar-refractivity contribution is 7.91. The Kier molecular flexibility index (Phi) is 10.1. The molecule has 1 atom stereocenters. The van der Waals surface area contributed by atoms with Gasteiger partial charge in [-0.05, 0) is 74.9 Å². The summed E-state index contributed by atoms with van der Waals surface area (Å²) < 4.78 is 52.7. The van der Waals surface area contributed by atoms with E-state index >= 15 is 4.39 Å². The van der Waals surface area contributed by atoms with Gasteiger partial charge < -0.3 is 15.0 Å². The molecule has 3 amide bonds. The molecule has 0 radical (unpaired) electrons. The fraction of sp³-hybridized carbons (Fsp3) is 0.293. The van der Waals surface area contributed by atoms with Gasteiger partial charge >= 0.3 is 6.03 Å². The number of benzene rings is 3. The minimum absolute atomic E-state index is 0.0130. The first-order valence-corrected chi connectivity index (χ1v) is 21.2. The van der Waals surface area contributed by atoms with Gasteiger partial charge in [0.15, 0.2) is 11.6 Å². The Morgan fingerprint density at radius 2 is 1.74 bits per heavy atom. The van der Waals surface area contributed by atoms with Crippen LogP contribution in [0.5, 0.6) is 5.75 Å². The van der Waals surface area contributed by atoms with Crippen LogP contribution in [0.4, 0.5) is 32.3 Å². The van der Waals surface area contributed by atoms with Crippen molar-refractivity contribution in [3.8, 4) is 17.0 Å². The lowest BCUT2D eigenvalue weighted by Gasteiger charge is -2.39. The molecule has 2 aliphatic heterocycles. The lowest BCUT2D eigenvalue weighted by molar-refractivity contribution is -0.120. The average molecular weight is 848 g/mol. The van der Waals surface area contributed by atoms with Crippen LogP contribution in [0, 0.1) is 5.82 Å². The average Bonchev–Trinajstić information content (AvgIpc) is 4.01. The van der Waals surface area contributed by atoms with Crippen molar-refractivity contribution in [3.63, 3.8) is 0 Å². The van der Waals surface area contributed by atoms with Gasteiger partial charge in [-0.1, -0.05) is 12.1 Å². The molecule has 20 heteroatoms. The Morgan fingerprint density at radius 1 is 0.934 bits per heavy atom. The van der Waals surface area contributed by atoms with Crippen molar-refractivity contribution in [2.45, 2.75) is 49.1 Å². The number of aryl methyl sites for hydroxylation is 1. The maximum Gasteiger partial charge on any atom is 0.329 e. The molecule has 18 nitrogen and oxygen atoms in total. The number of rotatable bonds is 11. The SMILES string of the molecule is CC(C)Oc1c(-c2cn[nH]c2)ncn2nc(Nc3ccc(S(=O)(=O)c4cccc([C@H](C)N5CCN(c6ccc7c(N8CCC(=O)NC8=O)nn(C)c7c6)CC5)c4)cc3F)nc12. The fourth-order valence-electron chi connectivity index (χ4n) is 7.75. The van der Waals surface area contributed by atoms with E-state index in [9.17, 15) is 18.0 Å². The molecule has 2 fully saturated rings. The molecular formula is C41H42FN13O5S. The van der Waals surface area contributed by atoms with Crippen LogP contribution in [0.25, 0.3) is 27.8 Å². The van der Waals surface area contributed by atoms with E-state index in [0.717, 1.165) is 54.4 Å². The van der Waals surface area contributed by atoms with Gasteiger partial charge in [-0.3, -0.25) is 29.7 Å². The van der Waals surface area contributed by atoms with Crippen LogP contribution in [-0.4, -0.2) is 104 Å². The molecule has 4 aromatic heterocycles. The smallest absolute Gasteiger partial charge is 0.329 e. The number of nitrogens with zero attached hydrogens (tertiary/aromatic N) is 10. The molecule has 2 aliphatic rings. The van der Waals surface area contributed by atoms with Crippen LogP contribution in [0.1, 0.15) is 38.8 Å². The number of carbonyl (C=O) groups excluding carboxylic acids is 2. The molecule has 2 saturated heterocycles. The number of amides is 3. The van der Waals surface area contributed by atoms with E-state index in [4.69, 9.17) is 4.74 Å². The highest BCUT2D eigenvalue weighted by Gasteiger charge is 2.30. The molecule has 314 valence electrons. The van der Waals surface area contributed by atoms with E-state index in [-0.39, 0.29) is 52.4 Å². The number of aromatic amines is 1. The van der Waals surface area contributed by atoms with Gasteiger partial charge in [0.05, 0.1) is 33.3 Å². The van der Waals surface area contributed by atoms with E-state index in [1.807, 2.05) is 39.1 Å².